The first-order valence-electron chi connectivity index (χ1n) is 6.51. The minimum atomic E-state index is -0.289. The molecule has 104 valence electrons. The molecule has 1 amide bonds. The van der Waals surface area contributed by atoms with Crippen LogP contribution in [0.3, 0.4) is 0 Å². The molecular weight excluding hydrogens is 308 g/mol. The molecule has 1 aliphatic rings. The second kappa shape index (κ2) is 5.92. The highest BCUT2D eigenvalue weighted by Gasteiger charge is 2.26. The molecule has 0 radical (unpaired) electrons. The summed E-state index contributed by atoms with van der Waals surface area (Å²) in [5.41, 5.74) is 7.00. The predicted octanol–water partition coefficient (Wildman–Crippen LogP) is 2.26. The number of piperidine rings is 1. The van der Waals surface area contributed by atoms with E-state index < -0.39 is 0 Å². The van der Waals surface area contributed by atoms with Gasteiger partial charge in [-0.2, -0.15) is 0 Å². The number of halogens is 1. The molecule has 1 atom stereocenters. The summed E-state index contributed by atoms with van der Waals surface area (Å²) in [6.07, 6.45) is 1.43. The van der Waals surface area contributed by atoms with Gasteiger partial charge in [0, 0.05) is 28.8 Å². The average Bonchev–Trinajstić information content (AvgIpc) is 2.41. The van der Waals surface area contributed by atoms with E-state index in [0.29, 0.717) is 30.3 Å². The lowest BCUT2D eigenvalue weighted by molar-refractivity contribution is 0.0521. The third-order valence-electron chi connectivity index (χ3n) is 3.76. The number of likely N-dealkylation sites (tertiary alicyclic amines) is 1. The lowest BCUT2D eigenvalue weighted by Gasteiger charge is -2.33. The maximum absolute atomic E-state index is 12.3. The van der Waals surface area contributed by atoms with Crippen LogP contribution in [0.1, 0.15) is 30.1 Å². The number of aliphatic hydroxyl groups is 1. The minimum absolute atomic E-state index is 0.0322. The molecule has 4 nitrogen and oxygen atoms in total. The summed E-state index contributed by atoms with van der Waals surface area (Å²) in [7, 11) is 0. The Morgan fingerprint density at radius 3 is 2.63 bits per heavy atom. The standard InChI is InChI=1S/C14H19BrN2O2/c1-9(18)10-4-6-17(7-5-10)14(19)11-2-3-13(16)12(15)8-11/h2-3,8-10,18H,4-7,16H2,1H3. The fourth-order valence-corrected chi connectivity index (χ4v) is 2.81. The van der Waals surface area contributed by atoms with Crippen LogP contribution >= 0.6 is 15.9 Å². The van der Waals surface area contributed by atoms with Crippen molar-refractivity contribution in [1.29, 1.82) is 0 Å². The first kappa shape index (κ1) is 14.3. The molecule has 2 rings (SSSR count). The first-order valence-corrected chi connectivity index (χ1v) is 7.30. The summed E-state index contributed by atoms with van der Waals surface area (Å²) in [4.78, 5) is 14.2. The fraction of sp³-hybridized carbons (Fsp3) is 0.500. The van der Waals surface area contributed by atoms with E-state index in [1.807, 2.05) is 11.8 Å². The fourth-order valence-electron chi connectivity index (χ4n) is 2.43. The lowest BCUT2D eigenvalue weighted by Crippen LogP contribution is -2.40. The second-order valence-corrected chi connectivity index (χ2v) is 5.96. The molecule has 1 aromatic rings. The Balaban J connectivity index is 2.03. The maximum Gasteiger partial charge on any atom is 0.253 e. The molecule has 1 heterocycles. The smallest absolute Gasteiger partial charge is 0.253 e. The summed E-state index contributed by atoms with van der Waals surface area (Å²) in [6.45, 7) is 3.23. The van der Waals surface area contributed by atoms with Crippen molar-refractivity contribution in [3.63, 3.8) is 0 Å². The molecule has 1 unspecified atom stereocenters. The normalized spacial score (nSPS) is 18.4. The van der Waals surface area contributed by atoms with Gasteiger partial charge < -0.3 is 15.7 Å². The quantitative estimate of drug-likeness (QED) is 0.819. The molecule has 1 fully saturated rings. The van der Waals surface area contributed by atoms with Crippen molar-refractivity contribution in [3.8, 4) is 0 Å². The molecular formula is C14H19BrN2O2. The van der Waals surface area contributed by atoms with Gasteiger partial charge in [0.2, 0.25) is 0 Å². The van der Waals surface area contributed by atoms with E-state index in [-0.39, 0.29) is 12.0 Å². The Morgan fingerprint density at radius 1 is 1.47 bits per heavy atom. The van der Waals surface area contributed by atoms with Crippen LogP contribution in [0.5, 0.6) is 0 Å². The summed E-state index contributed by atoms with van der Waals surface area (Å²) in [5.74, 6) is 0.340. The molecule has 3 N–H and O–H groups in total. The molecule has 1 aromatic carbocycles. The van der Waals surface area contributed by atoms with E-state index >= 15 is 0 Å². The zero-order valence-electron chi connectivity index (χ0n) is 11.0. The van der Waals surface area contributed by atoms with Gasteiger partial charge in [0.25, 0.3) is 5.91 Å². The van der Waals surface area contributed by atoms with E-state index in [0.717, 1.165) is 17.3 Å². The van der Waals surface area contributed by atoms with Crippen LogP contribution in [-0.2, 0) is 0 Å². The highest BCUT2D eigenvalue weighted by atomic mass is 79.9. The number of nitrogens with zero attached hydrogens (tertiary/aromatic N) is 1. The zero-order chi connectivity index (χ0) is 14.0. The van der Waals surface area contributed by atoms with Gasteiger partial charge >= 0.3 is 0 Å². The van der Waals surface area contributed by atoms with Crippen LogP contribution in [0, 0.1) is 5.92 Å². The van der Waals surface area contributed by atoms with Crippen molar-refractivity contribution in [2.75, 3.05) is 18.8 Å². The van der Waals surface area contributed by atoms with Gasteiger partial charge in [0.15, 0.2) is 0 Å². The molecule has 19 heavy (non-hydrogen) atoms. The van der Waals surface area contributed by atoms with Gasteiger partial charge in [-0.15, -0.1) is 0 Å². The third-order valence-corrected chi connectivity index (χ3v) is 4.44. The Kier molecular flexibility index (Phi) is 4.47. The van der Waals surface area contributed by atoms with Crippen molar-refractivity contribution in [3.05, 3.63) is 28.2 Å². The van der Waals surface area contributed by atoms with Crippen molar-refractivity contribution >= 4 is 27.5 Å². The topological polar surface area (TPSA) is 66.6 Å². The molecule has 0 saturated carbocycles. The van der Waals surface area contributed by atoms with Gasteiger partial charge in [0.05, 0.1) is 6.10 Å². The molecule has 0 bridgehead atoms. The molecule has 1 aliphatic heterocycles. The van der Waals surface area contributed by atoms with Crippen LogP contribution in [0.4, 0.5) is 5.69 Å². The number of nitrogens with two attached hydrogens (primary N) is 1. The monoisotopic (exact) mass is 326 g/mol. The van der Waals surface area contributed by atoms with Crippen LogP contribution in [0.25, 0.3) is 0 Å². The number of anilines is 1. The third kappa shape index (κ3) is 3.28. The van der Waals surface area contributed by atoms with Gasteiger partial charge in [-0.25, -0.2) is 0 Å². The number of hydrogen-bond acceptors (Lipinski definition) is 3. The largest absolute Gasteiger partial charge is 0.398 e. The van der Waals surface area contributed by atoms with Gasteiger partial charge in [-0.3, -0.25) is 4.79 Å². The number of carbonyl (C=O) groups is 1. The van der Waals surface area contributed by atoms with E-state index in [9.17, 15) is 9.90 Å². The summed E-state index contributed by atoms with van der Waals surface area (Å²) in [5, 5.41) is 9.56. The molecule has 0 aromatic heterocycles. The number of nitrogen functional groups attached to an aromatic ring is 1. The van der Waals surface area contributed by atoms with Crippen LogP contribution in [-0.4, -0.2) is 35.1 Å². The summed E-state index contributed by atoms with van der Waals surface area (Å²) < 4.78 is 0.747. The number of rotatable bonds is 2. The number of aliphatic hydroxyl groups excluding tert-OH is 1. The highest BCUT2D eigenvalue weighted by molar-refractivity contribution is 9.10. The Bertz CT molecular complexity index is 469. The maximum atomic E-state index is 12.3. The van der Waals surface area contributed by atoms with Crippen molar-refractivity contribution < 1.29 is 9.90 Å². The Labute approximate surface area is 121 Å². The zero-order valence-corrected chi connectivity index (χ0v) is 12.6. The minimum Gasteiger partial charge on any atom is -0.398 e. The number of carbonyl (C=O) groups excluding carboxylic acids is 1. The number of benzene rings is 1. The van der Waals surface area contributed by atoms with E-state index in [2.05, 4.69) is 15.9 Å². The summed E-state index contributed by atoms with van der Waals surface area (Å²) >= 11 is 3.34. The van der Waals surface area contributed by atoms with E-state index in [1.165, 1.54) is 0 Å². The first-order chi connectivity index (χ1) is 8.99. The van der Waals surface area contributed by atoms with Gasteiger partial charge in [0.1, 0.15) is 0 Å². The number of amides is 1. The van der Waals surface area contributed by atoms with Crippen molar-refractivity contribution in [2.45, 2.75) is 25.9 Å². The van der Waals surface area contributed by atoms with Crippen LogP contribution in [0.2, 0.25) is 0 Å². The van der Waals surface area contributed by atoms with E-state index in [4.69, 9.17) is 5.73 Å². The SMILES string of the molecule is CC(O)C1CCN(C(=O)c2ccc(N)c(Br)c2)CC1. The van der Waals surface area contributed by atoms with E-state index in [1.54, 1.807) is 18.2 Å². The molecule has 1 saturated heterocycles. The average molecular weight is 327 g/mol. The van der Waals surface area contributed by atoms with Crippen LogP contribution < -0.4 is 5.73 Å². The highest BCUT2D eigenvalue weighted by Crippen LogP contribution is 2.24. The van der Waals surface area contributed by atoms with Crippen molar-refractivity contribution in [2.24, 2.45) is 5.92 Å². The lowest BCUT2D eigenvalue weighted by atomic mass is 9.92. The van der Waals surface area contributed by atoms with Crippen molar-refractivity contribution in [1.82, 2.24) is 4.90 Å². The number of hydrogen-bond donors (Lipinski definition) is 2. The van der Waals surface area contributed by atoms with Gasteiger partial charge in [-0.05, 0) is 59.8 Å². The molecule has 0 aliphatic carbocycles. The molecule has 0 spiro atoms. The predicted molar refractivity (Wildman–Crippen MR) is 78.9 cm³/mol. The summed E-state index contributed by atoms with van der Waals surface area (Å²) in [6, 6.07) is 5.25. The van der Waals surface area contributed by atoms with Crippen LogP contribution in [0.15, 0.2) is 22.7 Å². The Morgan fingerprint density at radius 2 is 2.11 bits per heavy atom. The Hall–Kier alpha value is -1.07. The second-order valence-electron chi connectivity index (χ2n) is 5.11. The van der Waals surface area contributed by atoms with Gasteiger partial charge in [-0.1, -0.05) is 0 Å². The molecule has 5 heteroatoms.